The van der Waals surface area contributed by atoms with Gasteiger partial charge in [-0.05, 0) is 30.3 Å². The van der Waals surface area contributed by atoms with Gasteiger partial charge in [-0.2, -0.15) is 0 Å². The van der Waals surface area contributed by atoms with Gasteiger partial charge in [0.05, 0.1) is 12.0 Å². The Morgan fingerprint density at radius 3 is 2.71 bits per heavy atom. The van der Waals surface area contributed by atoms with Crippen molar-refractivity contribution in [2.24, 2.45) is 0 Å². The SMILES string of the molecule is OC(CNc1ccc(Br)cc1OC(F)(F)F)c1ccco1. The van der Waals surface area contributed by atoms with E-state index in [4.69, 9.17) is 4.42 Å². The van der Waals surface area contributed by atoms with Crippen LogP contribution in [0.4, 0.5) is 18.9 Å². The van der Waals surface area contributed by atoms with Crippen LogP contribution in [0.2, 0.25) is 0 Å². The molecule has 2 rings (SSSR count). The van der Waals surface area contributed by atoms with Crippen LogP contribution >= 0.6 is 15.9 Å². The van der Waals surface area contributed by atoms with Crippen LogP contribution in [0.5, 0.6) is 5.75 Å². The van der Waals surface area contributed by atoms with Gasteiger partial charge in [0.1, 0.15) is 11.9 Å². The molecule has 21 heavy (non-hydrogen) atoms. The number of hydrogen-bond donors (Lipinski definition) is 2. The molecule has 0 aliphatic rings. The predicted octanol–water partition coefficient (Wildman–Crippen LogP) is 4.09. The Labute approximate surface area is 126 Å². The largest absolute Gasteiger partial charge is 0.573 e. The van der Waals surface area contributed by atoms with E-state index in [1.165, 1.54) is 18.4 Å². The minimum absolute atomic E-state index is 0.0244. The lowest BCUT2D eigenvalue weighted by Gasteiger charge is -2.16. The van der Waals surface area contributed by atoms with Gasteiger partial charge in [-0.1, -0.05) is 15.9 Å². The number of benzene rings is 1. The number of halogens is 4. The average Bonchev–Trinajstić information content (AvgIpc) is 2.89. The predicted molar refractivity (Wildman–Crippen MR) is 73.0 cm³/mol. The molecule has 0 radical (unpaired) electrons. The summed E-state index contributed by atoms with van der Waals surface area (Å²) in [6, 6.07) is 7.34. The first-order valence-corrected chi connectivity index (χ1v) is 6.65. The molecular weight excluding hydrogens is 355 g/mol. The molecular formula is C13H11BrF3NO3. The molecule has 2 aromatic rings. The Morgan fingerprint density at radius 1 is 1.33 bits per heavy atom. The first kappa shape index (κ1) is 15.7. The third-order valence-electron chi connectivity index (χ3n) is 2.53. The van der Waals surface area contributed by atoms with Crippen molar-refractivity contribution in [1.82, 2.24) is 0 Å². The van der Waals surface area contributed by atoms with Gasteiger partial charge in [-0.15, -0.1) is 13.2 Å². The van der Waals surface area contributed by atoms with Crippen molar-refractivity contribution < 1.29 is 27.4 Å². The number of anilines is 1. The number of alkyl halides is 3. The molecule has 0 saturated heterocycles. The van der Waals surface area contributed by atoms with Gasteiger partial charge in [0.15, 0.2) is 5.75 Å². The number of rotatable bonds is 5. The summed E-state index contributed by atoms with van der Waals surface area (Å²) in [5.74, 6) is -0.0681. The van der Waals surface area contributed by atoms with Gasteiger partial charge in [0.2, 0.25) is 0 Å². The molecule has 0 saturated carbocycles. The van der Waals surface area contributed by atoms with Gasteiger partial charge in [0, 0.05) is 11.0 Å². The van der Waals surface area contributed by atoms with Crippen LogP contribution in [0.15, 0.2) is 45.5 Å². The zero-order chi connectivity index (χ0) is 15.5. The molecule has 0 spiro atoms. The van der Waals surface area contributed by atoms with Crippen molar-refractivity contribution in [3.63, 3.8) is 0 Å². The van der Waals surface area contributed by atoms with Crippen molar-refractivity contribution in [3.8, 4) is 5.75 Å². The smallest absolute Gasteiger partial charge is 0.467 e. The van der Waals surface area contributed by atoms with E-state index < -0.39 is 12.5 Å². The number of furan rings is 1. The molecule has 0 bridgehead atoms. The van der Waals surface area contributed by atoms with Gasteiger partial charge < -0.3 is 19.6 Å². The minimum atomic E-state index is -4.79. The lowest BCUT2D eigenvalue weighted by atomic mass is 10.2. The minimum Gasteiger partial charge on any atom is -0.467 e. The summed E-state index contributed by atoms with van der Waals surface area (Å²) >= 11 is 3.08. The van der Waals surface area contributed by atoms with Gasteiger partial charge in [-0.25, -0.2) is 0 Å². The highest BCUT2D eigenvalue weighted by molar-refractivity contribution is 9.10. The summed E-state index contributed by atoms with van der Waals surface area (Å²) in [6.07, 6.45) is -4.38. The third kappa shape index (κ3) is 4.68. The second-order valence-electron chi connectivity index (χ2n) is 4.10. The van der Waals surface area contributed by atoms with E-state index in [2.05, 4.69) is 26.0 Å². The Morgan fingerprint density at radius 2 is 2.10 bits per heavy atom. The van der Waals surface area contributed by atoms with Crippen molar-refractivity contribution in [2.75, 3.05) is 11.9 Å². The number of nitrogens with one attached hydrogen (secondary N) is 1. The Kier molecular flexibility index (Phi) is 4.79. The summed E-state index contributed by atoms with van der Waals surface area (Å²) in [5, 5.41) is 12.5. The zero-order valence-corrected chi connectivity index (χ0v) is 12.1. The molecule has 4 nitrogen and oxygen atoms in total. The average molecular weight is 366 g/mol. The van der Waals surface area contributed by atoms with Crippen LogP contribution in [-0.4, -0.2) is 18.0 Å². The van der Waals surface area contributed by atoms with Crippen LogP contribution < -0.4 is 10.1 Å². The van der Waals surface area contributed by atoms with E-state index in [-0.39, 0.29) is 18.0 Å². The van der Waals surface area contributed by atoms with Gasteiger partial charge >= 0.3 is 6.36 Å². The molecule has 0 amide bonds. The second-order valence-corrected chi connectivity index (χ2v) is 5.02. The fourth-order valence-corrected chi connectivity index (χ4v) is 1.98. The fourth-order valence-electron chi connectivity index (χ4n) is 1.64. The van der Waals surface area contributed by atoms with E-state index in [1.807, 2.05) is 0 Å². The number of aliphatic hydroxyl groups is 1. The lowest BCUT2D eigenvalue weighted by Crippen LogP contribution is -2.19. The van der Waals surface area contributed by atoms with Crippen LogP contribution in [0, 0.1) is 0 Å². The standard InChI is InChI=1S/C13H11BrF3NO3/c14-8-3-4-9(12(6-8)21-13(15,16)17)18-7-10(19)11-2-1-5-20-11/h1-6,10,18-19H,7H2. The fraction of sp³-hybridized carbons (Fsp3) is 0.231. The van der Waals surface area contributed by atoms with E-state index in [9.17, 15) is 18.3 Å². The number of aliphatic hydroxyl groups excluding tert-OH is 1. The molecule has 0 fully saturated rings. The highest BCUT2D eigenvalue weighted by Crippen LogP contribution is 2.33. The summed E-state index contributed by atoms with van der Waals surface area (Å²) in [4.78, 5) is 0. The molecule has 1 atom stereocenters. The highest BCUT2D eigenvalue weighted by atomic mass is 79.9. The summed E-state index contributed by atoms with van der Waals surface area (Å²) < 4.78 is 46.4. The zero-order valence-electron chi connectivity index (χ0n) is 10.5. The summed E-state index contributed by atoms with van der Waals surface area (Å²) in [6.45, 7) is -0.0244. The van der Waals surface area contributed by atoms with E-state index in [1.54, 1.807) is 18.2 Å². The number of ether oxygens (including phenoxy) is 1. The Balaban J connectivity index is 2.08. The van der Waals surface area contributed by atoms with Crippen LogP contribution in [-0.2, 0) is 0 Å². The third-order valence-corrected chi connectivity index (χ3v) is 3.02. The molecule has 114 valence electrons. The topological polar surface area (TPSA) is 54.6 Å². The quantitative estimate of drug-likeness (QED) is 0.837. The lowest BCUT2D eigenvalue weighted by molar-refractivity contribution is -0.274. The molecule has 1 aromatic heterocycles. The van der Waals surface area contributed by atoms with Gasteiger partial charge in [-0.3, -0.25) is 0 Å². The van der Waals surface area contributed by atoms with Crippen molar-refractivity contribution in [1.29, 1.82) is 0 Å². The van der Waals surface area contributed by atoms with Crippen molar-refractivity contribution in [3.05, 3.63) is 46.8 Å². The van der Waals surface area contributed by atoms with E-state index in [0.717, 1.165) is 0 Å². The van der Waals surface area contributed by atoms with Crippen LogP contribution in [0.1, 0.15) is 11.9 Å². The summed E-state index contributed by atoms with van der Waals surface area (Å²) in [5.41, 5.74) is 0.112. The van der Waals surface area contributed by atoms with E-state index >= 15 is 0 Å². The summed E-state index contributed by atoms with van der Waals surface area (Å²) in [7, 11) is 0. The van der Waals surface area contributed by atoms with E-state index in [0.29, 0.717) is 10.2 Å². The molecule has 1 unspecified atom stereocenters. The molecule has 8 heteroatoms. The maximum Gasteiger partial charge on any atom is 0.573 e. The molecule has 1 aromatic carbocycles. The first-order chi connectivity index (χ1) is 9.85. The first-order valence-electron chi connectivity index (χ1n) is 5.86. The monoisotopic (exact) mass is 365 g/mol. The van der Waals surface area contributed by atoms with Crippen molar-refractivity contribution >= 4 is 21.6 Å². The maximum atomic E-state index is 12.3. The molecule has 1 heterocycles. The molecule has 0 aliphatic carbocycles. The number of hydrogen-bond acceptors (Lipinski definition) is 4. The highest BCUT2D eigenvalue weighted by Gasteiger charge is 2.32. The van der Waals surface area contributed by atoms with Crippen LogP contribution in [0.3, 0.4) is 0 Å². The maximum absolute atomic E-state index is 12.3. The second kappa shape index (κ2) is 6.40. The van der Waals surface area contributed by atoms with Crippen molar-refractivity contribution in [2.45, 2.75) is 12.5 Å². The van der Waals surface area contributed by atoms with Gasteiger partial charge in [0.25, 0.3) is 0 Å². The Hall–Kier alpha value is -1.67. The Bertz CT molecular complexity index is 587. The molecule has 2 N–H and O–H groups in total. The molecule has 0 aliphatic heterocycles. The normalized spacial score (nSPS) is 13.0. The van der Waals surface area contributed by atoms with Crippen LogP contribution in [0.25, 0.3) is 0 Å².